The Balaban J connectivity index is 1.67. The molecule has 0 atom stereocenters. The lowest BCUT2D eigenvalue weighted by Crippen LogP contribution is -3.05. The van der Waals surface area contributed by atoms with Crippen molar-refractivity contribution in [3.8, 4) is 0 Å². The molecule has 4 heteroatoms. The first-order valence-electron chi connectivity index (χ1n) is 9.64. The number of hydrogen-bond donors (Lipinski definition) is 2. The van der Waals surface area contributed by atoms with Gasteiger partial charge in [-0.3, -0.25) is 0 Å². The van der Waals surface area contributed by atoms with Crippen molar-refractivity contribution in [3.63, 3.8) is 0 Å². The van der Waals surface area contributed by atoms with Gasteiger partial charge in [-0.2, -0.15) is 0 Å². The van der Waals surface area contributed by atoms with Gasteiger partial charge in [0.1, 0.15) is 0 Å². The standard InChI is InChI=1S/C24H22N2Si2/c1-5-13-21(14-6-1)27(22-15-7-2-8-16-22)25-28(26-27,23-17-9-3-10-18-23)24-19-11-4-12-20-24/h1-20,25-26H. The molecule has 2 nitrogen and oxygen atoms in total. The van der Waals surface area contributed by atoms with Gasteiger partial charge >= 0.3 is 0 Å². The molecule has 0 aromatic heterocycles. The summed E-state index contributed by atoms with van der Waals surface area (Å²) < 4.78 is 8.48. The van der Waals surface area contributed by atoms with E-state index in [0.717, 1.165) is 0 Å². The van der Waals surface area contributed by atoms with Gasteiger partial charge in [0.25, 0.3) is 16.8 Å². The number of benzene rings is 4. The summed E-state index contributed by atoms with van der Waals surface area (Å²) in [5.41, 5.74) is 0. The van der Waals surface area contributed by atoms with E-state index in [9.17, 15) is 0 Å². The van der Waals surface area contributed by atoms with Gasteiger partial charge in [0.05, 0.1) is 0 Å². The fraction of sp³-hybridized carbons (Fsp3) is 0. The van der Waals surface area contributed by atoms with Gasteiger partial charge in [0.15, 0.2) is 0 Å². The van der Waals surface area contributed by atoms with E-state index in [1.807, 2.05) is 0 Å². The normalized spacial score (nSPS) is 16.9. The third kappa shape index (κ3) is 2.70. The van der Waals surface area contributed by atoms with Gasteiger partial charge < -0.3 is 9.30 Å². The van der Waals surface area contributed by atoms with Crippen molar-refractivity contribution in [1.29, 1.82) is 0 Å². The van der Waals surface area contributed by atoms with Crippen LogP contribution in [-0.4, -0.2) is 16.8 Å². The third-order valence-corrected chi connectivity index (χ3v) is 16.4. The Labute approximate surface area is 168 Å². The van der Waals surface area contributed by atoms with Gasteiger partial charge in [-0.25, -0.2) is 0 Å². The van der Waals surface area contributed by atoms with E-state index in [-0.39, 0.29) is 0 Å². The molecule has 2 N–H and O–H groups in total. The molecule has 0 radical (unpaired) electrons. The summed E-state index contributed by atoms with van der Waals surface area (Å²) in [4.78, 5) is 0. The first kappa shape index (κ1) is 17.3. The summed E-state index contributed by atoms with van der Waals surface area (Å²) in [7, 11) is -4.47. The van der Waals surface area contributed by atoms with Gasteiger partial charge in [-0.15, -0.1) is 0 Å². The molecule has 1 aliphatic rings. The Morgan fingerprint density at radius 1 is 0.321 bits per heavy atom. The summed E-state index contributed by atoms with van der Waals surface area (Å²) in [5.74, 6) is 0. The van der Waals surface area contributed by atoms with Crippen LogP contribution in [0.5, 0.6) is 0 Å². The van der Waals surface area contributed by atoms with E-state index < -0.39 is 16.8 Å². The molecule has 0 aliphatic carbocycles. The van der Waals surface area contributed by atoms with Crippen molar-refractivity contribution in [2.75, 3.05) is 0 Å². The maximum atomic E-state index is 4.24. The molecular weight excluding hydrogens is 372 g/mol. The summed E-state index contributed by atoms with van der Waals surface area (Å²) in [6.45, 7) is 0. The Bertz CT molecular complexity index is 879. The molecule has 0 spiro atoms. The predicted octanol–water partition coefficient (Wildman–Crippen LogP) is 1.69. The van der Waals surface area contributed by atoms with E-state index in [4.69, 9.17) is 0 Å². The van der Waals surface area contributed by atoms with E-state index in [1.54, 1.807) is 0 Å². The molecule has 1 saturated heterocycles. The van der Waals surface area contributed by atoms with Crippen molar-refractivity contribution in [2.24, 2.45) is 0 Å². The second kappa shape index (κ2) is 7.00. The third-order valence-electron chi connectivity index (χ3n) is 5.58. The van der Waals surface area contributed by atoms with Crippen LogP contribution in [0.1, 0.15) is 0 Å². The lowest BCUT2D eigenvalue weighted by molar-refractivity contribution is 1.11. The zero-order chi connectivity index (χ0) is 18.9. The summed E-state index contributed by atoms with van der Waals surface area (Å²) >= 11 is 0. The first-order chi connectivity index (χ1) is 13.8. The Kier molecular flexibility index (Phi) is 4.33. The molecule has 0 bridgehead atoms. The molecule has 136 valence electrons. The van der Waals surface area contributed by atoms with Gasteiger partial charge in [0, 0.05) is 0 Å². The highest BCUT2D eigenvalue weighted by Crippen LogP contribution is 2.16. The molecule has 0 amide bonds. The van der Waals surface area contributed by atoms with Gasteiger partial charge in [-0.05, 0) is 20.7 Å². The van der Waals surface area contributed by atoms with Crippen LogP contribution in [0.3, 0.4) is 0 Å². The second-order valence-corrected chi connectivity index (χ2v) is 14.5. The van der Waals surface area contributed by atoms with Crippen molar-refractivity contribution in [3.05, 3.63) is 121 Å². The zero-order valence-electron chi connectivity index (χ0n) is 15.5. The fourth-order valence-electron chi connectivity index (χ4n) is 4.23. The molecule has 1 fully saturated rings. The topological polar surface area (TPSA) is 24.1 Å². The number of nitrogens with one attached hydrogen (secondary N) is 2. The molecule has 4 aromatic carbocycles. The number of rotatable bonds is 4. The summed E-state index contributed by atoms with van der Waals surface area (Å²) in [5, 5.41) is 5.49. The van der Waals surface area contributed by atoms with Gasteiger partial charge in [0.2, 0.25) is 0 Å². The molecule has 1 aliphatic heterocycles. The molecule has 0 unspecified atom stereocenters. The largest absolute Gasteiger partial charge is 0.322 e. The van der Waals surface area contributed by atoms with Crippen molar-refractivity contribution in [2.45, 2.75) is 0 Å². The number of hydrogen-bond acceptors (Lipinski definition) is 2. The van der Waals surface area contributed by atoms with Crippen LogP contribution >= 0.6 is 0 Å². The van der Waals surface area contributed by atoms with Crippen molar-refractivity contribution < 1.29 is 0 Å². The Hall–Kier alpha value is -2.77. The molecule has 5 rings (SSSR count). The Morgan fingerprint density at radius 2 is 0.536 bits per heavy atom. The molecule has 4 aromatic rings. The Morgan fingerprint density at radius 3 is 0.750 bits per heavy atom. The fourth-order valence-corrected chi connectivity index (χ4v) is 16.8. The quantitative estimate of drug-likeness (QED) is 0.515. The SMILES string of the molecule is c1ccc([Si]2(c3ccccc3)N[Si](c3ccccc3)(c3ccccc3)N2)cc1. The van der Waals surface area contributed by atoms with Crippen LogP contribution < -0.4 is 30.0 Å². The smallest absolute Gasteiger partial charge is 0.257 e. The van der Waals surface area contributed by atoms with E-state index in [2.05, 4.69) is 131 Å². The van der Waals surface area contributed by atoms with Crippen LogP contribution in [0.15, 0.2) is 121 Å². The molecule has 1 heterocycles. The highest BCUT2D eigenvalue weighted by atomic mass is 28.5. The monoisotopic (exact) mass is 394 g/mol. The maximum absolute atomic E-state index is 4.24. The molecule has 28 heavy (non-hydrogen) atoms. The minimum absolute atomic E-state index is 1.37. The van der Waals surface area contributed by atoms with E-state index >= 15 is 0 Å². The second-order valence-electron chi connectivity index (χ2n) is 7.21. The van der Waals surface area contributed by atoms with E-state index in [1.165, 1.54) is 20.7 Å². The lowest BCUT2D eigenvalue weighted by atomic mass is 10.4. The van der Waals surface area contributed by atoms with Crippen molar-refractivity contribution in [1.82, 2.24) is 9.30 Å². The molecule has 0 saturated carbocycles. The van der Waals surface area contributed by atoms with E-state index in [0.29, 0.717) is 0 Å². The predicted molar refractivity (Wildman–Crippen MR) is 122 cm³/mol. The van der Waals surface area contributed by atoms with Gasteiger partial charge in [-0.1, -0.05) is 121 Å². The van der Waals surface area contributed by atoms with Crippen LogP contribution in [0, 0.1) is 0 Å². The van der Waals surface area contributed by atoms with Crippen molar-refractivity contribution >= 4 is 37.5 Å². The first-order valence-corrected chi connectivity index (χ1v) is 13.6. The van der Waals surface area contributed by atoms with Crippen LogP contribution in [0.2, 0.25) is 0 Å². The average molecular weight is 395 g/mol. The zero-order valence-corrected chi connectivity index (χ0v) is 17.5. The summed E-state index contributed by atoms with van der Waals surface area (Å²) in [6, 6.07) is 43.6. The highest BCUT2D eigenvalue weighted by Gasteiger charge is 2.61. The van der Waals surface area contributed by atoms with Crippen LogP contribution in [-0.2, 0) is 0 Å². The molecular formula is C24H22N2Si2. The maximum Gasteiger partial charge on any atom is 0.257 e. The minimum Gasteiger partial charge on any atom is -0.322 e. The minimum atomic E-state index is -2.23. The van der Waals surface area contributed by atoms with Crippen LogP contribution in [0.25, 0.3) is 0 Å². The average Bonchev–Trinajstić information content (AvgIpc) is 2.76. The highest BCUT2D eigenvalue weighted by molar-refractivity contribution is 7.25. The van der Waals surface area contributed by atoms with Crippen LogP contribution in [0.4, 0.5) is 0 Å². The summed E-state index contributed by atoms with van der Waals surface area (Å²) in [6.07, 6.45) is 0. The lowest BCUT2D eigenvalue weighted by Gasteiger charge is -2.56.